The van der Waals surface area contributed by atoms with E-state index in [-0.39, 0.29) is 24.4 Å². The van der Waals surface area contributed by atoms with Crippen molar-refractivity contribution in [3.63, 3.8) is 0 Å². The van der Waals surface area contributed by atoms with Gasteiger partial charge < -0.3 is 15.5 Å². The highest BCUT2D eigenvalue weighted by Crippen LogP contribution is 2.15. The van der Waals surface area contributed by atoms with Crippen LogP contribution in [0.4, 0.5) is 5.69 Å². The third-order valence-electron chi connectivity index (χ3n) is 5.19. The van der Waals surface area contributed by atoms with Crippen molar-refractivity contribution in [2.24, 2.45) is 0 Å². The lowest BCUT2D eigenvalue weighted by atomic mass is 9.96. The first kappa shape index (κ1) is 20.4. The average molecular weight is 361 g/mol. The van der Waals surface area contributed by atoms with Crippen LogP contribution in [0, 0.1) is 6.92 Å². The number of benzene rings is 1. The number of anilines is 1. The molecule has 26 heavy (non-hydrogen) atoms. The van der Waals surface area contributed by atoms with Gasteiger partial charge in [-0.3, -0.25) is 9.59 Å². The van der Waals surface area contributed by atoms with Gasteiger partial charge >= 0.3 is 0 Å². The van der Waals surface area contributed by atoms with Gasteiger partial charge in [0.15, 0.2) is 6.04 Å². The Labute approximate surface area is 157 Å². The highest BCUT2D eigenvalue weighted by atomic mass is 16.2. The first-order valence-corrected chi connectivity index (χ1v) is 9.92. The minimum Gasteiger partial charge on any atom is -0.334 e. The van der Waals surface area contributed by atoms with Gasteiger partial charge in [-0.1, -0.05) is 37.0 Å². The molecule has 3 N–H and O–H groups in total. The summed E-state index contributed by atoms with van der Waals surface area (Å²) >= 11 is 0. The van der Waals surface area contributed by atoms with E-state index in [0.29, 0.717) is 6.04 Å². The van der Waals surface area contributed by atoms with Gasteiger partial charge in [0, 0.05) is 12.7 Å². The van der Waals surface area contributed by atoms with Crippen LogP contribution in [0.1, 0.15) is 57.4 Å². The van der Waals surface area contributed by atoms with Crippen molar-refractivity contribution in [3.8, 4) is 0 Å². The first-order valence-electron chi connectivity index (χ1n) is 9.92. The number of quaternary nitrogens is 1. The summed E-state index contributed by atoms with van der Waals surface area (Å²) in [5.41, 5.74) is 1.91. The minimum atomic E-state index is -0.164. The molecule has 1 aliphatic carbocycles. The van der Waals surface area contributed by atoms with Crippen LogP contribution >= 0.6 is 0 Å². The summed E-state index contributed by atoms with van der Waals surface area (Å²) < 4.78 is 0. The number of nitrogens with one attached hydrogen (secondary N) is 1. The fourth-order valence-corrected chi connectivity index (χ4v) is 3.65. The third-order valence-corrected chi connectivity index (χ3v) is 5.19. The predicted octanol–water partition coefficient (Wildman–Crippen LogP) is 2.46. The van der Waals surface area contributed by atoms with Crippen molar-refractivity contribution in [2.45, 2.75) is 70.9 Å². The highest BCUT2D eigenvalue weighted by Gasteiger charge is 2.25. The molecule has 1 aromatic rings. The van der Waals surface area contributed by atoms with E-state index in [1.807, 2.05) is 38.1 Å². The van der Waals surface area contributed by atoms with Gasteiger partial charge in [-0.15, -0.1) is 0 Å². The molecule has 0 spiro atoms. The molecule has 0 saturated heterocycles. The van der Waals surface area contributed by atoms with Gasteiger partial charge in [-0.2, -0.15) is 0 Å². The largest absolute Gasteiger partial charge is 0.334 e. The summed E-state index contributed by atoms with van der Waals surface area (Å²) in [7, 11) is 1.71. The lowest BCUT2D eigenvalue weighted by Gasteiger charge is -2.24. The molecule has 0 unspecified atom stereocenters. The zero-order valence-electron chi connectivity index (χ0n) is 16.5. The molecule has 1 aromatic carbocycles. The standard InChI is InChI=1S/C21H33N3O2/c1-16-11-13-19(14-12-16)23-20(25)15-24(3)21(26)17(2)22-18-9-7-5-4-6-8-10-18/h11-14,17-18,22H,4-10,15H2,1-3H3,(H,23,25)/p+1/t17-/m0/s1. The van der Waals surface area contributed by atoms with Crippen LogP contribution < -0.4 is 10.6 Å². The van der Waals surface area contributed by atoms with Gasteiger partial charge in [0.2, 0.25) is 5.91 Å². The Bertz CT molecular complexity index is 577. The van der Waals surface area contributed by atoms with E-state index in [4.69, 9.17) is 0 Å². The number of nitrogens with zero attached hydrogens (tertiary/aromatic N) is 1. The Kier molecular flexibility index (Phi) is 8.10. The van der Waals surface area contributed by atoms with Crippen LogP contribution in [0.15, 0.2) is 24.3 Å². The number of aryl methyl sites for hydroxylation is 1. The Morgan fingerprint density at radius 2 is 1.69 bits per heavy atom. The monoisotopic (exact) mass is 360 g/mol. The second-order valence-electron chi connectivity index (χ2n) is 7.69. The summed E-state index contributed by atoms with van der Waals surface area (Å²) in [6.07, 6.45) is 8.87. The molecule has 2 rings (SSSR count). The van der Waals surface area contributed by atoms with Crippen molar-refractivity contribution >= 4 is 17.5 Å². The summed E-state index contributed by atoms with van der Waals surface area (Å²) in [5, 5.41) is 5.06. The molecule has 5 heteroatoms. The smallest absolute Gasteiger partial charge is 0.280 e. The molecule has 1 atom stereocenters. The van der Waals surface area contributed by atoms with Crippen LogP contribution in [0.2, 0.25) is 0 Å². The van der Waals surface area contributed by atoms with Crippen molar-refractivity contribution in [1.82, 2.24) is 4.90 Å². The second-order valence-corrected chi connectivity index (χ2v) is 7.69. The van der Waals surface area contributed by atoms with Crippen molar-refractivity contribution < 1.29 is 14.9 Å². The molecule has 0 aliphatic heterocycles. The van der Waals surface area contributed by atoms with Gasteiger partial charge in [-0.25, -0.2) is 0 Å². The number of nitrogens with two attached hydrogens (primary N) is 1. The molecule has 0 radical (unpaired) electrons. The van der Waals surface area contributed by atoms with Crippen LogP contribution in [0.5, 0.6) is 0 Å². The average Bonchev–Trinajstić information content (AvgIpc) is 2.58. The Hall–Kier alpha value is -1.88. The van der Waals surface area contributed by atoms with Crippen LogP contribution in [0.3, 0.4) is 0 Å². The van der Waals surface area contributed by atoms with Crippen LogP contribution in [-0.2, 0) is 9.59 Å². The van der Waals surface area contributed by atoms with E-state index < -0.39 is 0 Å². The molecule has 0 heterocycles. The molecule has 1 fully saturated rings. The Balaban J connectivity index is 1.79. The van der Waals surface area contributed by atoms with E-state index in [1.54, 1.807) is 7.05 Å². The Morgan fingerprint density at radius 3 is 2.31 bits per heavy atom. The number of carbonyl (C=O) groups is 2. The second kappa shape index (κ2) is 10.3. The normalized spacial score (nSPS) is 17.0. The fourth-order valence-electron chi connectivity index (χ4n) is 3.65. The van der Waals surface area contributed by atoms with E-state index >= 15 is 0 Å². The third kappa shape index (κ3) is 6.79. The lowest BCUT2D eigenvalue weighted by Crippen LogP contribution is -2.96. The molecule has 1 saturated carbocycles. The maximum absolute atomic E-state index is 12.6. The number of carbonyl (C=O) groups excluding carboxylic acids is 2. The van der Waals surface area contributed by atoms with Crippen molar-refractivity contribution in [1.29, 1.82) is 0 Å². The number of likely N-dealkylation sites (N-methyl/N-ethyl adjacent to an activating group) is 1. The highest BCUT2D eigenvalue weighted by molar-refractivity contribution is 5.94. The fraction of sp³-hybridized carbons (Fsp3) is 0.619. The molecule has 144 valence electrons. The molecular formula is C21H34N3O2+. The zero-order valence-corrected chi connectivity index (χ0v) is 16.5. The van der Waals surface area contributed by atoms with Crippen LogP contribution in [0.25, 0.3) is 0 Å². The SMILES string of the molecule is Cc1ccc(NC(=O)CN(C)C(=O)[C@H](C)[NH2+]C2CCCCCCC2)cc1. The number of rotatable bonds is 6. The molecule has 0 aromatic heterocycles. The molecule has 5 nitrogen and oxygen atoms in total. The maximum Gasteiger partial charge on any atom is 0.280 e. The summed E-state index contributed by atoms with van der Waals surface area (Å²) in [6, 6.07) is 8.05. The van der Waals surface area contributed by atoms with Crippen molar-refractivity contribution in [2.75, 3.05) is 18.9 Å². The lowest BCUT2D eigenvalue weighted by molar-refractivity contribution is -0.708. The maximum atomic E-state index is 12.6. The summed E-state index contributed by atoms with van der Waals surface area (Å²) in [5.74, 6) is -0.144. The van der Waals surface area contributed by atoms with E-state index in [9.17, 15) is 9.59 Å². The van der Waals surface area contributed by atoms with E-state index in [2.05, 4.69) is 10.6 Å². The number of amides is 2. The molecule has 2 amide bonds. The van der Waals surface area contributed by atoms with E-state index in [1.165, 1.54) is 49.8 Å². The molecular weight excluding hydrogens is 326 g/mol. The minimum absolute atomic E-state index is 0.0196. The van der Waals surface area contributed by atoms with Gasteiger partial charge in [-0.05, 0) is 51.7 Å². The van der Waals surface area contributed by atoms with Gasteiger partial charge in [0.05, 0.1) is 12.6 Å². The first-order chi connectivity index (χ1) is 12.5. The summed E-state index contributed by atoms with van der Waals surface area (Å²) in [6.45, 7) is 4.04. The quantitative estimate of drug-likeness (QED) is 0.818. The predicted molar refractivity (Wildman–Crippen MR) is 105 cm³/mol. The summed E-state index contributed by atoms with van der Waals surface area (Å²) in [4.78, 5) is 26.3. The van der Waals surface area contributed by atoms with Gasteiger partial charge in [0.1, 0.15) is 0 Å². The number of hydrogen-bond donors (Lipinski definition) is 2. The van der Waals surface area contributed by atoms with Crippen LogP contribution in [-0.4, -0.2) is 42.4 Å². The Morgan fingerprint density at radius 1 is 1.12 bits per heavy atom. The molecule has 0 bridgehead atoms. The van der Waals surface area contributed by atoms with Gasteiger partial charge in [0.25, 0.3) is 5.91 Å². The number of hydrogen-bond acceptors (Lipinski definition) is 2. The molecule has 1 aliphatic rings. The zero-order chi connectivity index (χ0) is 18.9. The van der Waals surface area contributed by atoms with E-state index in [0.717, 1.165) is 11.3 Å². The topological polar surface area (TPSA) is 66.0 Å². The van der Waals surface area contributed by atoms with Crippen molar-refractivity contribution in [3.05, 3.63) is 29.8 Å².